The summed E-state index contributed by atoms with van der Waals surface area (Å²) in [7, 11) is 0. The third-order valence-corrected chi connectivity index (χ3v) is 5.02. The molecule has 100 valence electrons. The first kappa shape index (κ1) is 13.4. The smallest absolute Gasteiger partial charge is 0.0576 e. The predicted molar refractivity (Wildman–Crippen MR) is 71.9 cm³/mol. The molecule has 0 spiro atoms. The van der Waals surface area contributed by atoms with Crippen LogP contribution in [0.3, 0.4) is 0 Å². The molecule has 2 rings (SSSR count). The molecule has 0 radical (unpaired) electrons. The van der Waals surface area contributed by atoms with Crippen molar-refractivity contribution in [3.8, 4) is 0 Å². The summed E-state index contributed by atoms with van der Waals surface area (Å²) < 4.78 is 5.67. The van der Waals surface area contributed by atoms with E-state index in [2.05, 4.69) is 13.8 Å². The van der Waals surface area contributed by atoms with Crippen molar-refractivity contribution in [2.45, 2.75) is 76.9 Å². The van der Waals surface area contributed by atoms with Crippen molar-refractivity contribution in [1.82, 2.24) is 0 Å². The van der Waals surface area contributed by atoms with Gasteiger partial charge >= 0.3 is 0 Å². The van der Waals surface area contributed by atoms with Crippen molar-refractivity contribution in [3.05, 3.63) is 0 Å². The first-order chi connectivity index (χ1) is 8.09. The fourth-order valence-electron chi connectivity index (χ4n) is 3.52. The van der Waals surface area contributed by atoms with Crippen molar-refractivity contribution in [1.29, 1.82) is 0 Å². The van der Waals surface area contributed by atoms with Gasteiger partial charge in [-0.05, 0) is 63.2 Å². The van der Waals surface area contributed by atoms with Gasteiger partial charge in [-0.3, -0.25) is 0 Å². The van der Waals surface area contributed by atoms with Crippen molar-refractivity contribution in [3.63, 3.8) is 0 Å². The lowest BCUT2D eigenvalue weighted by Gasteiger charge is -2.40. The minimum absolute atomic E-state index is 0.129. The molecule has 1 saturated heterocycles. The molecule has 4 atom stereocenters. The number of ether oxygens (including phenoxy) is 1. The molecule has 1 heterocycles. The first-order valence-corrected chi connectivity index (χ1v) is 7.49. The van der Waals surface area contributed by atoms with E-state index >= 15 is 0 Å². The van der Waals surface area contributed by atoms with E-state index in [0.29, 0.717) is 6.10 Å². The highest BCUT2D eigenvalue weighted by Crippen LogP contribution is 2.37. The Bertz CT molecular complexity index is 237. The van der Waals surface area contributed by atoms with Crippen molar-refractivity contribution < 1.29 is 4.74 Å². The average Bonchev–Trinajstić information content (AvgIpc) is 2.77. The normalized spacial score (nSPS) is 42.9. The Kier molecular flexibility index (Phi) is 4.48. The molecule has 0 amide bonds. The zero-order valence-electron chi connectivity index (χ0n) is 11.6. The van der Waals surface area contributed by atoms with Crippen LogP contribution in [-0.4, -0.2) is 18.2 Å². The molecular weight excluding hydrogens is 210 g/mol. The summed E-state index contributed by atoms with van der Waals surface area (Å²) in [5.41, 5.74) is 6.69. The van der Waals surface area contributed by atoms with Crippen LogP contribution in [0.1, 0.15) is 65.2 Å². The van der Waals surface area contributed by atoms with Gasteiger partial charge in [0.25, 0.3) is 0 Å². The topological polar surface area (TPSA) is 35.2 Å². The van der Waals surface area contributed by atoms with Crippen LogP contribution in [0, 0.1) is 11.8 Å². The Hall–Kier alpha value is -0.0800. The molecular formula is C15H29NO. The third-order valence-electron chi connectivity index (χ3n) is 5.02. The molecule has 1 aliphatic heterocycles. The second-order valence-electron chi connectivity index (χ2n) is 6.59. The van der Waals surface area contributed by atoms with Crippen molar-refractivity contribution >= 4 is 0 Å². The van der Waals surface area contributed by atoms with Gasteiger partial charge in [-0.15, -0.1) is 0 Å². The van der Waals surface area contributed by atoms with Gasteiger partial charge in [0.05, 0.1) is 6.10 Å². The van der Waals surface area contributed by atoms with Crippen LogP contribution in [0.15, 0.2) is 0 Å². The van der Waals surface area contributed by atoms with E-state index in [1.54, 1.807) is 0 Å². The maximum Gasteiger partial charge on any atom is 0.0576 e. The van der Waals surface area contributed by atoms with E-state index in [-0.39, 0.29) is 5.54 Å². The summed E-state index contributed by atoms with van der Waals surface area (Å²) in [5.74, 6) is 1.67. The van der Waals surface area contributed by atoms with Crippen LogP contribution in [0.2, 0.25) is 0 Å². The van der Waals surface area contributed by atoms with Crippen molar-refractivity contribution in [2.24, 2.45) is 17.6 Å². The van der Waals surface area contributed by atoms with Crippen LogP contribution < -0.4 is 5.73 Å². The van der Waals surface area contributed by atoms with Gasteiger partial charge in [0.1, 0.15) is 0 Å². The summed E-state index contributed by atoms with van der Waals surface area (Å²) in [5, 5.41) is 0. The Labute approximate surface area is 106 Å². The van der Waals surface area contributed by atoms with Gasteiger partial charge in [-0.25, -0.2) is 0 Å². The molecule has 1 saturated carbocycles. The van der Waals surface area contributed by atoms with Crippen LogP contribution in [0.5, 0.6) is 0 Å². The third kappa shape index (κ3) is 3.69. The molecule has 0 aromatic carbocycles. The molecule has 2 N–H and O–H groups in total. The van der Waals surface area contributed by atoms with Gasteiger partial charge in [0, 0.05) is 12.1 Å². The van der Waals surface area contributed by atoms with Crippen LogP contribution in [0.4, 0.5) is 0 Å². The second-order valence-corrected chi connectivity index (χ2v) is 6.59. The lowest BCUT2D eigenvalue weighted by atomic mass is 9.70. The van der Waals surface area contributed by atoms with Crippen LogP contribution in [-0.2, 0) is 4.74 Å². The van der Waals surface area contributed by atoms with Crippen LogP contribution >= 0.6 is 0 Å². The summed E-state index contributed by atoms with van der Waals surface area (Å²) >= 11 is 0. The minimum Gasteiger partial charge on any atom is -0.378 e. The maximum atomic E-state index is 6.56. The molecule has 2 fully saturated rings. The average molecular weight is 239 g/mol. The number of hydrogen-bond donors (Lipinski definition) is 1. The molecule has 17 heavy (non-hydrogen) atoms. The highest BCUT2D eigenvalue weighted by molar-refractivity contribution is 4.91. The van der Waals surface area contributed by atoms with E-state index < -0.39 is 0 Å². The zero-order valence-corrected chi connectivity index (χ0v) is 11.6. The Balaban J connectivity index is 1.70. The summed E-state index contributed by atoms with van der Waals surface area (Å²) in [6.07, 6.45) is 10.5. The maximum absolute atomic E-state index is 6.56. The Morgan fingerprint density at radius 2 is 2.06 bits per heavy atom. The van der Waals surface area contributed by atoms with E-state index in [4.69, 9.17) is 10.5 Å². The van der Waals surface area contributed by atoms with Gasteiger partial charge in [-0.2, -0.15) is 0 Å². The molecule has 1 aliphatic carbocycles. The van der Waals surface area contributed by atoms with Gasteiger partial charge in [0.2, 0.25) is 0 Å². The Morgan fingerprint density at radius 3 is 2.71 bits per heavy atom. The fraction of sp³-hybridized carbons (Fsp3) is 1.00. The summed E-state index contributed by atoms with van der Waals surface area (Å²) in [4.78, 5) is 0. The highest BCUT2D eigenvalue weighted by atomic mass is 16.5. The van der Waals surface area contributed by atoms with E-state index in [9.17, 15) is 0 Å². The summed E-state index contributed by atoms with van der Waals surface area (Å²) in [6.45, 7) is 5.72. The molecule has 2 nitrogen and oxygen atoms in total. The van der Waals surface area contributed by atoms with Gasteiger partial charge in [-0.1, -0.05) is 13.8 Å². The quantitative estimate of drug-likeness (QED) is 0.815. The van der Waals surface area contributed by atoms with Gasteiger partial charge < -0.3 is 10.5 Å². The highest BCUT2D eigenvalue weighted by Gasteiger charge is 2.34. The SMILES string of the molecule is CC1CCC(N)(CCCC2CCCO2)CC1C. The number of rotatable bonds is 4. The zero-order chi connectivity index (χ0) is 12.3. The molecule has 0 aromatic heterocycles. The minimum atomic E-state index is 0.129. The number of nitrogens with two attached hydrogens (primary N) is 1. The molecule has 2 heteroatoms. The van der Waals surface area contributed by atoms with E-state index in [0.717, 1.165) is 18.4 Å². The monoisotopic (exact) mass is 239 g/mol. The molecule has 4 unspecified atom stereocenters. The predicted octanol–water partition coefficient (Wildman–Crippen LogP) is 3.49. The Morgan fingerprint density at radius 1 is 1.24 bits per heavy atom. The molecule has 0 bridgehead atoms. The van der Waals surface area contributed by atoms with Crippen molar-refractivity contribution in [2.75, 3.05) is 6.61 Å². The lowest BCUT2D eigenvalue weighted by Crippen LogP contribution is -2.45. The number of hydrogen-bond acceptors (Lipinski definition) is 2. The largest absolute Gasteiger partial charge is 0.378 e. The fourth-order valence-corrected chi connectivity index (χ4v) is 3.52. The first-order valence-electron chi connectivity index (χ1n) is 7.49. The standard InChI is InChI=1S/C15H29NO/c1-12-7-9-15(16,11-13(12)2)8-3-5-14-6-4-10-17-14/h12-14H,3-11,16H2,1-2H3. The van der Waals surface area contributed by atoms with Gasteiger partial charge in [0.15, 0.2) is 0 Å². The van der Waals surface area contributed by atoms with Crippen LogP contribution in [0.25, 0.3) is 0 Å². The molecule has 2 aliphatic rings. The van der Waals surface area contributed by atoms with E-state index in [1.807, 2.05) is 0 Å². The summed E-state index contributed by atoms with van der Waals surface area (Å²) in [6, 6.07) is 0. The van der Waals surface area contributed by atoms with E-state index in [1.165, 1.54) is 51.4 Å². The lowest BCUT2D eigenvalue weighted by molar-refractivity contribution is 0.0959. The molecule has 0 aromatic rings. The second kappa shape index (κ2) is 5.71.